The zero-order chi connectivity index (χ0) is 12.3. The summed E-state index contributed by atoms with van der Waals surface area (Å²) in [6.45, 7) is 0.0362. The van der Waals surface area contributed by atoms with Gasteiger partial charge in [0, 0.05) is 6.54 Å². The molecule has 1 aromatic rings. The fraction of sp³-hybridized carbons (Fsp3) is 0.385. The fourth-order valence-corrected chi connectivity index (χ4v) is 1.98. The fourth-order valence-electron chi connectivity index (χ4n) is 1.98. The van der Waals surface area contributed by atoms with Gasteiger partial charge in [0.25, 0.3) is 11.8 Å². The molecule has 0 saturated carbocycles. The molecule has 0 saturated heterocycles. The van der Waals surface area contributed by atoms with Gasteiger partial charge in [-0.2, -0.15) is 0 Å². The third-order valence-electron chi connectivity index (χ3n) is 2.89. The Kier molecular flexibility index (Phi) is 4.95. The second-order valence-corrected chi connectivity index (χ2v) is 4.06. The van der Waals surface area contributed by atoms with E-state index < -0.39 is 0 Å². The monoisotopic (exact) mass is 255 g/mol. The van der Waals surface area contributed by atoms with Crippen molar-refractivity contribution in [3.63, 3.8) is 0 Å². The molecule has 0 fully saturated rings. The molecule has 0 atom stereocenters. The van der Waals surface area contributed by atoms with E-state index in [9.17, 15) is 14.0 Å². The molecule has 1 aliphatic rings. The van der Waals surface area contributed by atoms with Crippen molar-refractivity contribution in [2.45, 2.75) is 19.3 Å². The molecule has 1 aromatic carbocycles. The van der Waals surface area contributed by atoms with Crippen molar-refractivity contribution in [3.8, 4) is 0 Å². The van der Waals surface area contributed by atoms with Crippen molar-refractivity contribution in [2.24, 2.45) is 0 Å². The number of fused-ring (bicyclic) bond motifs is 1. The van der Waals surface area contributed by atoms with E-state index in [0.717, 1.165) is 0 Å². The molecule has 0 aliphatic carbocycles. The average molecular weight is 255 g/mol. The predicted molar refractivity (Wildman–Crippen MR) is 64.1 cm³/mol. The number of amides is 2. The van der Waals surface area contributed by atoms with Crippen LogP contribution in [-0.2, 0) is 0 Å². The van der Waals surface area contributed by atoms with Gasteiger partial charge in [-0.25, -0.2) is 0 Å². The lowest BCUT2D eigenvalue weighted by Crippen LogP contribution is -2.30. The maximum Gasteiger partial charge on any atom is 0.261 e. The number of hydrogen-bond acceptors (Lipinski definition) is 2. The zero-order valence-electron chi connectivity index (χ0n) is 9.89. The summed E-state index contributed by atoms with van der Waals surface area (Å²) < 4.78 is 11.9. The van der Waals surface area contributed by atoms with Gasteiger partial charge in [0.2, 0.25) is 0 Å². The largest absolute Gasteiger partial charge is 0.274 e. The number of hydrogen-bond donors (Lipinski definition) is 0. The second kappa shape index (κ2) is 6.23. The molecule has 0 N–H and O–H groups in total. The van der Waals surface area contributed by atoms with E-state index in [1.807, 2.05) is 0 Å². The van der Waals surface area contributed by atoms with Crippen LogP contribution in [0.5, 0.6) is 0 Å². The SMILES string of the molecule is F.O=C1c2ccccc2C(=O)N1CCCCCF. The van der Waals surface area contributed by atoms with Crippen molar-refractivity contribution >= 4 is 11.8 Å². The van der Waals surface area contributed by atoms with Gasteiger partial charge in [-0.15, -0.1) is 0 Å². The van der Waals surface area contributed by atoms with Crippen molar-refractivity contribution in [1.82, 2.24) is 4.90 Å². The minimum Gasteiger partial charge on any atom is -0.274 e. The van der Waals surface area contributed by atoms with Gasteiger partial charge in [0.1, 0.15) is 0 Å². The molecule has 0 bridgehead atoms. The topological polar surface area (TPSA) is 37.4 Å². The molecule has 1 heterocycles. The highest BCUT2D eigenvalue weighted by molar-refractivity contribution is 6.21. The number of carbonyl (C=O) groups excluding carboxylic acids is 2. The Bertz CT molecular complexity index is 413. The zero-order valence-corrected chi connectivity index (χ0v) is 9.89. The molecule has 3 nitrogen and oxygen atoms in total. The first-order chi connectivity index (χ1) is 8.25. The highest BCUT2D eigenvalue weighted by Crippen LogP contribution is 2.22. The van der Waals surface area contributed by atoms with E-state index in [-0.39, 0.29) is 23.2 Å². The number of benzene rings is 1. The molecule has 18 heavy (non-hydrogen) atoms. The van der Waals surface area contributed by atoms with E-state index in [1.165, 1.54) is 4.90 Å². The molecule has 98 valence electrons. The van der Waals surface area contributed by atoms with Gasteiger partial charge in [0.05, 0.1) is 17.8 Å². The van der Waals surface area contributed by atoms with Crippen LogP contribution in [0, 0.1) is 0 Å². The maximum absolute atomic E-state index is 11.9. The molecular weight excluding hydrogens is 240 g/mol. The summed E-state index contributed by atoms with van der Waals surface area (Å²) in [6.07, 6.45) is 1.85. The highest BCUT2D eigenvalue weighted by atomic mass is 19.1. The van der Waals surface area contributed by atoms with Gasteiger partial charge >= 0.3 is 0 Å². The molecule has 5 heteroatoms. The predicted octanol–water partition coefficient (Wildman–Crippen LogP) is 2.57. The van der Waals surface area contributed by atoms with Crippen LogP contribution in [0.15, 0.2) is 24.3 Å². The maximum atomic E-state index is 11.9. The van der Waals surface area contributed by atoms with Crippen molar-refractivity contribution in [1.29, 1.82) is 0 Å². The van der Waals surface area contributed by atoms with E-state index in [2.05, 4.69) is 0 Å². The lowest BCUT2D eigenvalue weighted by molar-refractivity contribution is 0.0651. The summed E-state index contributed by atoms with van der Waals surface area (Å²) in [5, 5.41) is 0. The molecule has 1 aliphatic heterocycles. The van der Waals surface area contributed by atoms with E-state index in [0.29, 0.717) is 36.9 Å². The molecule has 2 rings (SSSR count). The van der Waals surface area contributed by atoms with Gasteiger partial charge in [-0.05, 0) is 31.4 Å². The van der Waals surface area contributed by atoms with Crippen LogP contribution in [0.1, 0.15) is 40.0 Å². The smallest absolute Gasteiger partial charge is 0.261 e. The summed E-state index contributed by atoms with van der Waals surface area (Å²) >= 11 is 0. The Morgan fingerprint density at radius 2 is 1.50 bits per heavy atom. The molecule has 0 aromatic heterocycles. The molecule has 0 spiro atoms. The molecule has 0 radical (unpaired) electrons. The van der Waals surface area contributed by atoms with Gasteiger partial charge in [-0.3, -0.25) is 23.6 Å². The van der Waals surface area contributed by atoms with E-state index in [4.69, 9.17) is 0 Å². The first kappa shape index (κ1) is 14.3. The van der Waals surface area contributed by atoms with Crippen LogP contribution in [-0.4, -0.2) is 29.9 Å². The third kappa shape index (κ3) is 2.55. The van der Waals surface area contributed by atoms with Crippen molar-refractivity contribution in [2.75, 3.05) is 13.2 Å². The Balaban J connectivity index is 0.00000162. The Morgan fingerprint density at radius 3 is 2.00 bits per heavy atom. The van der Waals surface area contributed by atoms with Gasteiger partial charge in [0.15, 0.2) is 0 Å². The van der Waals surface area contributed by atoms with Crippen LogP contribution in [0.3, 0.4) is 0 Å². The van der Waals surface area contributed by atoms with Gasteiger partial charge < -0.3 is 0 Å². The Hall–Kier alpha value is -1.78. The normalized spacial score (nSPS) is 13.5. The first-order valence-electron chi connectivity index (χ1n) is 5.77. The van der Waals surface area contributed by atoms with Gasteiger partial charge in [-0.1, -0.05) is 12.1 Å². The van der Waals surface area contributed by atoms with E-state index >= 15 is 0 Å². The lowest BCUT2D eigenvalue weighted by Gasteiger charge is -2.12. The lowest BCUT2D eigenvalue weighted by atomic mass is 10.1. The minimum absolute atomic E-state index is 0. The van der Waals surface area contributed by atoms with E-state index in [1.54, 1.807) is 24.3 Å². The summed E-state index contributed by atoms with van der Waals surface area (Å²) in [7, 11) is 0. The van der Waals surface area contributed by atoms with Crippen LogP contribution >= 0.6 is 0 Å². The van der Waals surface area contributed by atoms with Crippen LogP contribution in [0.25, 0.3) is 0 Å². The third-order valence-corrected chi connectivity index (χ3v) is 2.89. The quantitative estimate of drug-likeness (QED) is 0.599. The summed E-state index contributed by atoms with van der Waals surface area (Å²) in [6, 6.07) is 6.82. The molecule has 2 amide bonds. The average Bonchev–Trinajstić information content (AvgIpc) is 2.60. The molecule has 0 unspecified atom stereocenters. The summed E-state index contributed by atoms with van der Waals surface area (Å²) in [4.78, 5) is 25.1. The van der Waals surface area contributed by atoms with Crippen molar-refractivity contribution < 1.29 is 18.7 Å². The first-order valence-corrected chi connectivity index (χ1v) is 5.77. The highest BCUT2D eigenvalue weighted by Gasteiger charge is 2.34. The number of nitrogens with zero attached hydrogens (tertiary/aromatic N) is 1. The van der Waals surface area contributed by atoms with Crippen LogP contribution in [0.4, 0.5) is 9.09 Å². The Labute approximate surface area is 104 Å². The van der Waals surface area contributed by atoms with Crippen LogP contribution < -0.4 is 0 Å². The summed E-state index contributed by atoms with van der Waals surface area (Å²) in [5.41, 5.74) is 0.950. The summed E-state index contributed by atoms with van der Waals surface area (Å²) in [5.74, 6) is -0.461. The Morgan fingerprint density at radius 1 is 0.944 bits per heavy atom. The van der Waals surface area contributed by atoms with Crippen LogP contribution in [0.2, 0.25) is 0 Å². The number of unbranched alkanes of at least 4 members (excludes halogenated alkanes) is 2. The number of rotatable bonds is 5. The molecular formula is C13H15F2NO2. The number of alkyl halides is 1. The van der Waals surface area contributed by atoms with Crippen molar-refractivity contribution in [3.05, 3.63) is 35.4 Å². The number of imide groups is 1. The minimum atomic E-state index is -0.345. The number of carbonyl (C=O) groups is 2. The number of halogens is 2. The standard InChI is InChI=1S/C13H14FNO2.FH/c14-8-4-1-5-9-15-12(16)10-6-2-3-7-11(10)13(15)17;/h2-3,6-7H,1,4-5,8-9H2;1H. The second-order valence-electron chi connectivity index (χ2n) is 4.06.